The summed E-state index contributed by atoms with van der Waals surface area (Å²) in [5.74, 6) is 0.868. The van der Waals surface area contributed by atoms with E-state index in [-0.39, 0.29) is 0 Å². The van der Waals surface area contributed by atoms with E-state index in [0.29, 0.717) is 16.2 Å². The number of rotatable bonds is 1. The van der Waals surface area contributed by atoms with Crippen LogP contribution in [0.4, 0.5) is 0 Å². The molecule has 18 heavy (non-hydrogen) atoms. The van der Waals surface area contributed by atoms with Crippen LogP contribution in [0, 0.1) is 22.2 Å². The van der Waals surface area contributed by atoms with Gasteiger partial charge >= 0.3 is 0 Å². The molecular weight excluding hydrogens is 216 g/mol. The van der Waals surface area contributed by atoms with Gasteiger partial charge in [-0.05, 0) is 36.0 Å². The molecule has 100 valence electrons. The third-order valence-corrected chi connectivity index (χ3v) is 6.14. The molecule has 0 N–H and O–H groups in total. The summed E-state index contributed by atoms with van der Waals surface area (Å²) in [5, 5.41) is 0. The summed E-state index contributed by atoms with van der Waals surface area (Å²) in [6, 6.07) is 0. The van der Waals surface area contributed by atoms with Crippen LogP contribution in [-0.2, 0) is 0 Å². The van der Waals surface area contributed by atoms with E-state index in [1.807, 2.05) is 0 Å². The average molecular weight is 244 g/mol. The minimum absolute atomic E-state index is 0.363. The van der Waals surface area contributed by atoms with Crippen LogP contribution >= 0.6 is 0 Å². The Labute approximate surface area is 113 Å². The van der Waals surface area contributed by atoms with Gasteiger partial charge in [-0.15, -0.1) is 0 Å². The zero-order valence-electron chi connectivity index (χ0n) is 12.6. The van der Waals surface area contributed by atoms with Crippen molar-refractivity contribution in [2.45, 2.75) is 66.2 Å². The molecule has 0 unspecified atom stereocenters. The first-order valence-corrected chi connectivity index (χ1v) is 7.81. The first-order valence-electron chi connectivity index (χ1n) is 7.81. The van der Waals surface area contributed by atoms with Crippen LogP contribution in [-0.4, -0.2) is 0 Å². The van der Waals surface area contributed by atoms with Gasteiger partial charge in [-0.25, -0.2) is 0 Å². The Balaban J connectivity index is 1.96. The molecule has 0 atom stereocenters. The highest BCUT2D eigenvalue weighted by Gasteiger charge is 2.66. The van der Waals surface area contributed by atoms with E-state index in [1.165, 1.54) is 38.5 Å². The molecule has 0 aromatic rings. The van der Waals surface area contributed by atoms with Gasteiger partial charge in [-0.3, -0.25) is 0 Å². The SMILES string of the molecule is CC1(C)CC(C)(C)C12C=CC=C2C1CCCCC1. The molecule has 0 saturated heterocycles. The van der Waals surface area contributed by atoms with Crippen LogP contribution in [0.2, 0.25) is 0 Å². The second kappa shape index (κ2) is 3.74. The van der Waals surface area contributed by atoms with Gasteiger partial charge in [0.25, 0.3) is 0 Å². The van der Waals surface area contributed by atoms with Crippen molar-refractivity contribution in [2.75, 3.05) is 0 Å². The zero-order valence-corrected chi connectivity index (χ0v) is 12.6. The molecule has 0 amide bonds. The third kappa shape index (κ3) is 1.38. The maximum atomic E-state index is 2.54. The molecule has 0 aromatic heterocycles. The second-order valence-electron chi connectivity index (χ2n) is 8.07. The van der Waals surface area contributed by atoms with Crippen molar-refractivity contribution in [3.63, 3.8) is 0 Å². The summed E-state index contributed by atoms with van der Waals surface area (Å²) in [6.07, 6.45) is 15.9. The van der Waals surface area contributed by atoms with Gasteiger partial charge in [-0.2, -0.15) is 0 Å². The lowest BCUT2D eigenvalue weighted by molar-refractivity contribution is -0.123. The molecule has 0 aromatic carbocycles. The van der Waals surface area contributed by atoms with Crippen molar-refractivity contribution < 1.29 is 0 Å². The predicted molar refractivity (Wildman–Crippen MR) is 78.4 cm³/mol. The van der Waals surface area contributed by atoms with Gasteiger partial charge in [0, 0.05) is 5.41 Å². The van der Waals surface area contributed by atoms with Gasteiger partial charge in [0.1, 0.15) is 0 Å². The van der Waals surface area contributed by atoms with E-state index in [4.69, 9.17) is 0 Å². The lowest BCUT2D eigenvalue weighted by Crippen LogP contribution is -2.60. The van der Waals surface area contributed by atoms with E-state index >= 15 is 0 Å². The second-order valence-corrected chi connectivity index (χ2v) is 8.07. The van der Waals surface area contributed by atoms with Crippen LogP contribution in [0.25, 0.3) is 0 Å². The summed E-state index contributed by atoms with van der Waals surface area (Å²) in [7, 11) is 0. The first-order chi connectivity index (χ1) is 8.41. The largest absolute Gasteiger partial charge is 0.0732 e. The van der Waals surface area contributed by atoms with E-state index in [0.717, 1.165) is 5.92 Å². The molecule has 0 aliphatic heterocycles. The molecule has 3 rings (SSSR count). The first kappa shape index (κ1) is 12.5. The molecule has 0 heteroatoms. The van der Waals surface area contributed by atoms with E-state index in [2.05, 4.69) is 45.9 Å². The topological polar surface area (TPSA) is 0 Å². The highest BCUT2D eigenvalue weighted by molar-refractivity contribution is 5.44. The fourth-order valence-corrected chi connectivity index (χ4v) is 5.82. The summed E-state index contributed by atoms with van der Waals surface area (Å²) < 4.78 is 0. The number of allylic oxidation sites excluding steroid dienone is 4. The van der Waals surface area contributed by atoms with E-state index in [9.17, 15) is 0 Å². The lowest BCUT2D eigenvalue weighted by atomic mass is 9.36. The maximum Gasteiger partial charge on any atom is 0.0202 e. The number of hydrogen-bond donors (Lipinski definition) is 0. The third-order valence-electron chi connectivity index (χ3n) is 6.14. The van der Waals surface area contributed by atoms with Crippen LogP contribution in [0.3, 0.4) is 0 Å². The molecule has 1 spiro atoms. The van der Waals surface area contributed by atoms with Crippen molar-refractivity contribution in [1.29, 1.82) is 0 Å². The Morgan fingerprint density at radius 1 is 0.944 bits per heavy atom. The van der Waals surface area contributed by atoms with Crippen molar-refractivity contribution in [2.24, 2.45) is 22.2 Å². The molecule has 0 radical (unpaired) electrons. The highest BCUT2D eigenvalue weighted by Crippen LogP contribution is 2.74. The summed E-state index contributed by atoms with van der Waals surface area (Å²) >= 11 is 0. The van der Waals surface area contributed by atoms with Crippen LogP contribution in [0.1, 0.15) is 66.2 Å². The molecule has 0 bridgehead atoms. The minimum atomic E-state index is 0.363. The normalized spacial score (nSPS) is 32.3. The highest BCUT2D eigenvalue weighted by atomic mass is 14.7. The Morgan fingerprint density at radius 2 is 1.56 bits per heavy atom. The molecule has 0 nitrogen and oxygen atoms in total. The van der Waals surface area contributed by atoms with Crippen molar-refractivity contribution in [3.05, 3.63) is 23.8 Å². The zero-order chi connectivity index (χ0) is 13.0. The Kier molecular flexibility index (Phi) is 2.60. The average Bonchev–Trinajstić information content (AvgIpc) is 2.76. The van der Waals surface area contributed by atoms with Crippen LogP contribution in [0.15, 0.2) is 23.8 Å². The Hall–Kier alpha value is -0.520. The smallest absolute Gasteiger partial charge is 0.0202 e. The van der Waals surface area contributed by atoms with Gasteiger partial charge in [0.2, 0.25) is 0 Å². The fraction of sp³-hybridized carbons (Fsp3) is 0.778. The fourth-order valence-electron chi connectivity index (χ4n) is 5.82. The summed E-state index contributed by atoms with van der Waals surface area (Å²) in [4.78, 5) is 0. The molecule has 3 aliphatic rings. The quantitative estimate of drug-likeness (QED) is 0.571. The predicted octanol–water partition coefficient (Wildman–Crippen LogP) is 5.51. The summed E-state index contributed by atoms with van der Waals surface area (Å²) in [5.41, 5.74) is 3.05. The van der Waals surface area contributed by atoms with Crippen molar-refractivity contribution >= 4 is 0 Å². The van der Waals surface area contributed by atoms with E-state index < -0.39 is 0 Å². The van der Waals surface area contributed by atoms with Crippen molar-refractivity contribution in [3.8, 4) is 0 Å². The Morgan fingerprint density at radius 3 is 2.11 bits per heavy atom. The van der Waals surface area contributed by atoms with Gasteiger partial charge in [0.15, 0.2) is 0 Å². The summed E-state index contributed by atoms with van der Waals surface area (Å²) in [6.45, 7) is 9.91. The maximum absolute atomic E-state index is 2.54. The van der Waals surface area contributed by atoms with Crippen LogP contribution < -0.4 is 0 Å². The van der Waals surface area contributed by atoms with Gasteiger partial charge in [0.05, 0.1) is 0 Å². The Bertz CT molecular complexity index is 386. The standard InChI is InChI=1S/C18H28/c1-16(2)13-17(3,4)18(16)12-8-11-15(18)14-9-6-5-7-10-14/h8,11-12,14H,5-7,9-10,13H2,1-4H3. The molecule has 2 saturated carbocycles. The molecular formula is C18H28. The molecule has 0 heterocycles. The molecule has 3 aliphatic carbocycles. The minimum Gasteiger partial charge on any atom is -0.0732 e. The lowest BCUT2D eigenvalue weighted by Gasteiger charge is -2.68. The van der Waals surface area contributed by atoms with E-state index in [1.54, 1.807) is 5.57 Å². The van der Waals surface area contributed by atoms with Crippen LogP contribution in [0.5, 0.6) is 0 Å². The monoisotopic (exact) mass is 244 g/mol. The van der Waals surface area contributed by atoms with Gasteiger partial charge < -0.3 is 0 Å². The van der Waals surface area contributed by atoms with Gasteiger partial charge in [-0.1, -0.05) is 70.8 Å². The molecule has 2 fully saturated rings. The van der Waals surface area contributed by atoms with Crippen molar-refractivity contribution in [1.82, 2.24) is 0 Å². The number of hydrogen-bond acceptors (Lipinski definition) is 0.